The number of hydrogen-bond acceptors (Lipinski definition) is 5. The maximum atomic E-state index is 13.2. The number of benzene rings is 3. The van der Waals surface area contributed by atoms with Crippen molar-refractivity contribution in [1.82, 2.24) is 14.6 Å². The Balaban J connectivity index is 1.46. The van der Waals surface area contributed by atoms with Crippen molar-refractivity contribution in [1.29, 1.82) is 0 Å². The number of rotatable bonds is 3. The Morgan fingerprint density at radius 1 is 0.970 bits per heavy atom. The molecule has 1 aliphatic rings. The summed E-state index contributed by atoms with van der Waals surface area (Å²) < 4.78 is 9.27. The minimum atomic E-state index is -0.304. The van der Waals surface area contributed by atoms with Gasteiger partial charge in [0.15, 0.2) is 5.82 Å². The van der Waals surface area contributed by atoms with Gasteiger partial charge in [0, 0.05) is 15.6 Å². The van der Waals surface area contributed by atoms with Gasteiger partial charge in [0.05, 0.1) is 4.53 Å². The lowest BCUT2D eigenvalue weighted by Crippen LogP contribution is -2.25. The molecule has 1 aliphatic heterocycles. The van der Waals surface area contributed by atoms with Crippen LogP contribution in [0.1, 0.15) is 17.2 Å². The molecule has 3 heterocycles. The van der Waals surface area contributed by atoms with Gasteiger partial charge in [-0.3, -0.25) is 4.79 Å². The molecule has 1 unspecified atom stereocenters. The van der Waals surface area contributed by atoms with E-state index < -0.39 is 0 Å². The number of thiazole rings is 1. The van der Waals surface area contributed by atoms with Crippen LogP contribution in [0.15, 0.2) is 93.7 Å². The van der Waals surface area contributed by atoms with E-state index in [1.54, 1.807) is 0 Å². The Hall–Kier alpha value is -3.55. The lowest BCUT2D eigenvalue weighted by Gasteiger charge is -2.26. The number of nitrogens with zero attached hydrogens (tertiary/aromatic N) is 3. The first kappa shape index (κ1) is 20.1. The predicted molar refractivity (Wildman–Crippen MR) is 134 cm³/mol. The van der Waals surface area contributed by atoms with E-state index in [9.17, 15) is 4.79 Å². The SMILES string of the molecule is O=c1c(=CC2=Cc3ccccc3OC2c2ccccc2)sc2nc(-c3ccc(Br)cc3)nn12. The molecule has 0 amide bonds. The van der Waals surface area contributed by atoms with Crippen molar-refractivity contribution in [3.63, 3.8) is 0 Å². The molecule has 1 atom stereocenters. The zero-order valence-corrected chi connectivity index (χ0v) is 19.6. The fourth-order valence-corrected chi connectivity index (χ4v) is 5.04. The van der Waals surface area contributed by atoms with Crippen LogP contribution in [-0.4, -0.2) is 14.6 Å². The smallest absolute Gasteiger partial charge is 0.291 e. The lowest BCUT2D eigenvalue weighted by atomic mass is 9.96. The number of ether oxygens (including phenoxy) is 1. The molecule has 0 saturated heterocycles. The molecule has 0 bridgehead atoms. The molecule has 0 fully saturated rings. The lowest BCUT2D eigenvalue weighted by molar-refractivity contribution is 0.244. The Bertz CT molecular complexity index is 1620. The molecule has 0 spiro atoms. The summed E-state index contributed by atoms with van der Waals surface area (Å²) in [6.45, 7) is 0. The molecule has 0 aliphatic carbocycles. The molecule has 3 aromatic carbocycles. The standard InChI is InChI=1S/C26H16BrN3O2S/c27-20-12-10-17(11-13-20)24-28-26-30(29-24)25(31)22(33-26)15-19-14-18-8-4-5-9-21(18)32-23(19)16-6-2-1-3-7-16/h1-15,23H. The fraction of sp³-hybridized carbons (Fsp3) is 0.0385. The first-order valence-electron chi connectivity index (χ1n) is 10.4. The second kappa shape index (κ2) is 8.10. The van der Waals surface area contributed by atoms with Crippen LogP contribution >= 0.6 is 27.3 Å². The minimum Gasteiger partial charge on any atom is -0.480 e. The summed E-state index contributed by atoms with van der Waals surface area (Å²) >= 11 is 4.76. The minimum absolute atomic E-state index is 0.183. The van der Waals surface area contributed by atoms with E-state index in [1.807, 2.05) is 84.9 Å². The van der Waals surface area contributed by atoms with Gasteiger partial charge >= 0.3 is 0 Å². The van der Waals surface area contributed by atoms with Crippen molar-refractivity contribution in [2.24, 2.45) is 0 Å². The Labute approximate surface area is 201 Å². The van der Waals surface area contributed by atoms with E-state index in [4.69, 9.17) is 4.74 Å². The molecule has 0 radical (unpaired) electrons. The number of para-hydroxylation sites is 1. The molecule has 7 heteroatoms. The van der Waals surface area contributed by atoms with Crippen LogP contribution in [0.25, 0.3) is 28.5 Å². The van der Waals surface area contributed by atoms with E-state index >= 15 is 0 Å². The molecule has 5 nitrogen and oxygen atoms in total. The van der Waals surface area contributed by atoms with Gasteiger partial charge in [-0.2, -0.15) is 9.50 Å². The number of hydrogen-bond donors (Lipinski definition) is 0. The van der Waals surface area contributed by atoms with Crippen LogP contribution in [0, 0.1) is 0 Å². The van der Waals surface area contributed by atoms with Crippen LogP contribution < -0.4 is 14.8 Å². The first-order chi connectivity index (χ1) is 16.2. The maximum Gasteiger partial charge on any atom is 0.291 e. The average Bonchev–Trinajstić information content (AvgIpc) is 3.39. The van der Waals surface area contributed by atoms with Crippen LogP contribution in [0.4, 0.5) is 0 Å². The average molecular weight is 514 g/mol. The molecule has 5 aromatic rings. The van der Waals surface area contributed by atoms with E-state index in [1.165, 1.54) is 15.9 Å². The van der Waals surface area contributed by atoms with E-state index in [-0.39, 0.29) is 11.7 Å². The van der Waals surface area contributed by atoms with Gasteiger partial charge in [-0.15, -0.1) is 5.10 Å². The second-order valence-corrected chi connectivity index (χ2v) is 9.57. The van der Waals surface area contributed by atoms with Crippen molar-refractivity contribution in [3.8, 4) is 17.1 Å². The van der Waals surface area contributed by atoms with E-state index in [0.29, 0.717) is 15.3 Å². The Morgan fingerprint density at radius 3 is 2.52 bits per heavy atom. The van der Waals surface area contributed by atoms with Crippen LogP contribution in [0.2, 0.25) is 0 Å². The number of fused-ring (bicyclic) bond motifs is 2. The third-order valence-electron chi connectivity index (χ3n) is 5.47. The summed E-state index contributed by atoms with van der Waals surface area (Å²) in [5, 5.41) is 4.46. The maximum absolute atomic E-state index is 13.2. The van der Waals surface area contributed by atoms with Crippen molar-refractivity contribution in [2.45, 2.75) is 6.10 Å². The van der Waals surface area contributed by atoms with E-state index in [2.05, 4.69) is 32.1 Å². The highest BCUT2D eigenvalue weighted by Crippen LogP contribution is 2.37. The fourth-order valence-electron chi connectivity index (χ4n) is 3.87. The summed E-state index contributed by atoms with van der Waals surface area (Å²) in [5.41, 5.74) is 3.61. The van der Waals surface area contributed by atoms with Gasteiger partial charge in [0.1, 0.15) is 11.9 Å². The molecule has 160 valence electrons. The topological polar surface area (TPSA) is 56.5 Å². The van der Waals surface area contributed by atoms with Crippen LogP contribution in [0.3, 0.4) is 0 Å². The van der Waals surface area contributed by atoms with Gasteiger partial charge in [0.25, 0.3) is 5.56 Å². The number of halogens is 1. The molecular formula is C26H16BrN3O2S. The normalized spacial score (nSPS) is 15.8. The first-order valence-corrected chi connectivity index (χ1v) is 12.0. The van der Waals surface area contributed by atoms with Gasteiger partial charge in [-0.1, -0.05) is 87.9 Å². The molecule has 2 aromatic heterocycles. The van der Waals surface area contributed by atoms with Gasteiger partial charge in [0.2, 0.25) is 4.96 Å². The highest BCUT2D eigenvalue weighted by Gasteiger charge is 2.23. The quantitative estimate of drug-likeness (QED) is 0.328. The summed E-state index contributed by atoms with van der Waals surface area (Å²) in [6, 6.07) is 25.6. The molecule has 6 rings (SSSR count). The van der Waals surface area contributed by atoms with E-state index in [0.717, 1.165) is 32.5 Å². The van der Waals surface area contributed by atoms with Crippen LogP contribution in [0.5, 0.6) is 5.75 Å². The molecular weight excluding hydrogens is 498 g/mol. The summed E-state index contributed by atoms with van der Waals surface area (Å²) in [5.74, 6) is 1.36. The molecule has 0 saturated carbocycles. The second-order valence-electron chi connectivity index (χ2n) is 7.64. The molecule has 33 heavy (non-hydrogen) atoms. The Morgan fingerprint density at radius 2 is 1.73 bits per heavy atom. The summed E-state index contributed by atoms with van der Waals surface area (Å²) in [6.07, 6.45) is 3.68. The van der Waals surface area contributed by atoms with Crippen LogP contribution in [-0.2, 0) is 0 Å². The van der Waals surface area contributed by atoms with Crippen molar-refractivity contribution >= 4 is 44.4 Å². The highest BCUT2D eigenvalue weighted by molar-refractivity contribution is 9.10. The largest absolute Gasteiger partial charge is 0.480 e. The van der Waals surface area contributed by atoms with Gasteiger partial charge < -0.3 is 4.74 Å². The van der Waals surface area contributed by atoms with Gasteiger partial charge in [-0.25, -0.2) is 0 Å². The van der Waals surface area contributed by atoms with Crippen molar-refractivity contribution in [2.75, 3.05) is 0 Å². The van der Waals surface area contributed by atoms with Gasteiger partial charge in [-0.05, 0) is 41.5 Å². The monoisotopic (exact) mass is 513 g/mol. The third-order valence-corrected chi connectivity index (χ3v) is 6.96. The Kier molecular flexibility index (Phi) is 4.93. The molecule has 0 N–H and O–H groups in total. The third kappa shape index (κ3) is 3.69. The predicted octanol–water partition coefficient (Wildman–Crippen LogP) is 5.30. The summed E-state index contributed by atoms with van der Waals surface area (Å²) in [7, 11) is 0. The highest BCUT2D eigenvalue weighted by atomic mass is 79.9. The summed E-state index contributed by atoms with van der Waals surface area (Å²) in [4.78, 5) is 18.3. The van der Waals surface area contributed by atoms with Crippen molar-refractivity contribution in [3.05, 3.63) is 115 Å². The zero-order chi connectivity index (χ0) is 22.4. The zero-order valence-electron chi connectivity index (χ0n) is 17.2. The number of aromatic nitrogens is 3. The van der Waals surface area contributed by atoms with Crippen molar-refractivity contribution < 1.29 is 4.74 Å².